The number of fused-ring (bicyclic) bond motifs is 1. The zero-order valence-electron chi connectivity index (χ0n) is 12.6. The number of benzene rings is 1. The molecule has 0 aliphatic carbocycles. The molecule has 2 N–H and O–H groups in total. The van der Waals surface area contributed by atoms with Crippen molar-refractivity contribution in [2.75, 3.05) is 13.1 Å². The molecule has 0 bridgehead atoms. The standard InChI is InChI=1S/C17H22N2O2/c1-12-4-6-13(7-5-12)15(20)14-8-9-17(2,21)19-11-3-10-18-16(14)19/h4-7,18,21H,3,8-11H2,1-2H3/t17-/m1/s1. The number of ketones is 1. The maximum absolute atomic E-state index is 12.8. The van der Waals surface area contributed by atoms with Gasteiger partial charge in [0.25, 0.3) is 0 Å². The summed E-state index contributed by atoms with van der Waals surface area (Å²) in [5, 5.41) is 13.8. The first-order chi connectivity index (χ1) is 9.99. The number of allylic oxidation sites excluding steroid dienone is 1. The summed E-state index contributed by atoms with van der Waals surface area (Å²) >= 11 is 0. The number of carbonyl (C=O) groups excluding carboxylic acids is 1. The first kappa shape index (κ1) is 14.1. The van der Waals surface area contributed by atoms with E-state index in [4.69, 9.17) is 0 Å². The average Bonchev–Trinajstić information content (AvgIpc) is 2.48. The van der Waals surface area contributed by atoms with Crippen molar-refractivity contribution in [1.29, 1.82) is 0 Å². The topological polar surface area (TPSA) is 52.6 Å². The fourth-order valence-electron chi connectivity index (χ4n) is 3.12. The van der Waals surface area contributed by atoms with Gasteiger partial charge in [0, 0.05) is 24.2 Å². The van der Waals surface area contributed by atoms with Crippen molar-refractivity contribution in [2.45, 2.75) is 38.8 Å². The van der Waals surface area contributed by atoms with Gasteiger partial charge < -0.3 is 15.3 Å². The zero-order chi connectivity index (χ0) is 15.0. The molecule has 4 nitrogen and oxygen atoms in total. The second kappa shape index (κ2) is 5.19. The number of Topliss-reactive ketones (excluding diaryl/α,β-unsaturated/α-hetero) is 1. The van der Waals surface area contributed by atoms with Gasteiger partial charge in [0.2, 0.25) is 0 Å². The van der Waals surface area contributed by atoms with Gasteiger partial charge in [-0.3, -0.25) is 4.79 Å². The van der Waals surface area contributed by atoms with Crippen LogP contribution in [0.25, 0.3) is 0 Å². The first-order valence-electron chi connectivity index (χ1n) is 7.57. The summed E-state index contributed by atoms with van der Waals surface area (Å²) in [5.74, 6) is 0.892. The highest BCUT2D eigenvalue weighted by molar-refractivity contribution is 6.09. The van der Waals surface area contributed by atoms with Crippen molar-refractivity contribution in [1.82, 2.24) is 10.2 Å². The van der Waals surface area contributed by atoms with Crippen LogP contribution in [0.2, 0.25) is 0 Å². The van der Waals surface area contributed by atoms with Crippen LogP contribution in [0.4, 0.5) is 0 Å². The van der Waals surface area contributed by atoms with Gasteiger partial charge >= 0.3 is 0 Å². The van der Waals surface area contributed by atoms with Crippen molar-refractivity contribution in [3.05, 3.63) is 46.8 Å². The number of nitrogens with one attached hydrogen (secondary N) is 1. The predicted molar refractivity (Wildman–Crippen MR) is 81.7 cm³/mol. The van der Waals surface area contributed by atoms with Crippen molar-refractivity contribution in [3.63, 3.8) is 0 Å². The fraction of sp³-hybridized carbons (Fsp3) is 0.471. The molecule has 1 aromatic rings. The Labute approximate surface area is 125 Å². The molecule has 2 aliphatic heterocycles. The first-order valence-corrected chi connectivity index (χ1v) is 7.57. The van der Waals surface area contributed by atoms with Crippen molar-refractivity contribution in [2.24, 2.45) is 0 Å². The van der Waals surface area contributed by atoms with Crippen LogP contribution in [0.15, 0.2) is 35.7 Å². The Hall–Kier alpha value is -1.81. The van der Waals surface area contributed by atoms with Crippen LogP contribution in [0, 0.1) is 6.92 Å². The van der Waals surface area contributed by atoms with E-state index in [1.54, 1.807) is 0 Å². The van der Waals surface area contributed by atoms with Gasteiger partial charge in [0.1, 0.15) is 11.5 Å². The predicted octanol–water partition coefficient (Wildman–Crippen LogP) is 2.19. The summed E-state index contributed by atoms with van der Waals surface area (Å²) < 4.78 is 0. The average molecular weight is 286 g/mol. The molecule has 0 aromatic heterocycles. The van der Waals surface area contributed by atoms with E-state index in [1.807, 2.05) is 43.0 Å². The fourth-order valence-corrected chi connectivity index (χ4v) is 3.12. The molecule has 4 heteroatoms. The van der Waals surface area contributed by atoms with Gasteiger partial charge in [0.05, 0.1) is 0 Å². The molecule has 21 heavy (non-hydrogen) atoms. The molecule has 0 unspecified atom stereocenters. The lowest BCUT2D eigenvalue weighted by atomic mass is 9.90. The Morgan fingerprint density at radius 1 is 1.33 bits per heavy atom. The number of aliphatic hydroxyl groups is 1. The highest BCUT2D eigenvalue weighted by Crippen LogP contribution is 2.34. The van der Waals surface area contributed by atoms with Gasteiger partial charge in [-0.25, -0.2) is 0 Å². The Balaban J connectivity index is 1.98. The Morgan fingerprint density at radius 2 is 2.05 bits per heavy atom. The van der Waals surface area contributed by atoms with E-state index >= 15 is 0 Å². The van der Waals surface area contributed by atoms with Gasteiger partial charge in [-0.05, 0) is 33.1 Å². The second-order valence-corrected chi connectivity index (χ2v) is 6.17. The number of hydrogen-bond donors (Lipinski definition) is 2. The number of rotatable bonds is 2. The molecule has 0 spiro atoms. The summed E-state index contributed by atoms with van der Waals surface area (Å²) in [6.07, 6.45) is 2.18. The highest BCUT2D eigenvalue weighted by Gasteiger charge is 2.39. The lowest BCUT2D eigenvalue weighted by molar-refractivity contribution is -0.0964. The van der Waals surface area contributed by atoms with Crippen molar-refractivity contribution < 1.29 is 9.90 Å². The maximum Gasteiger partial charge on any atom is 0.192 e. The Kier molecular flexibility index (Phi) is 3.49. The number of carbonyl (C=O) groups is 1. The number of hydrogen-bond acceptors (Lipinski definition) is 4. The molecule has 0 saturated carbocycles. The van der Waals surface area contributed by atoms with E-state index in [1.165, 1.54) is 0 Å². The zero-order valence-corrected chi connectivity index (χ0v) is 12.6. The normalized spacial score (nSPS) is 25.4. The summed E-state index contributed by atoms with van der Waals surface area (Å²) in [6, 6.07) is 7.68. The van der Waals surface area contributed by atoms with E-state index in [2.05, 4.69) is 5.32 Å². The Morgan fingerprint density at radius 3 is 2.76 bits per heavy atom. The van der Waals surface area contributed by atoms with Gasteiger partial charge in [-0.15, -0.1) is 0 Å². The van der Waals surface area contributed by atoms with Crippen LogP contribution in [0.5, 0.6) is 0 Å². The van der Waals surface area contributed by atoms with E-state index < -0.39 is 5.72 Å². The van der Waals surface area contributed by atoms with Crippen LogP contribution >= 0.6 is 0 Å². The molecule has 2 heterocycles. The molecule has 1 aromatic carbocycles. The van der Waals surface area contributed by atoms with Crippen LogP contribution in [0.1, 0.15) is 42.1 Å². The third-order valence-electron chi connectivity index (χ3n) is 4.42. The van der Waals surface area contributed by atoms with Gasteiger partial charge in [0.15, 0.2) is 5.78 Å². The molecule has 0 amide bonds. The lowest BCUT2D eigenvalue weighted by Crippen LogP contribution is -2.55. The molecule has 112 valence electrons. The summed E-state index contributed by atoms with van der Waals surface area (Å²) in [4.78, 5) is 14.7. The maximum atomic E-state index is 12.8. The minimum atomic E-state index is -0.861. The van der Waals surface area contributed by atoms with E-state index in [0.29, 0.717) is 12.8 Å². The summed E-state index contributed by atoms with van der Waals surface area (Å²) in [6.45, 7) is 5.48. The minimum absolute atomic E-state index is 0.0694. The summed E-state index contributed by atoms with van der Waals surface area (Å²) in [7, 11) is 0. The molecule has 1 saturated heterocycles. The minimum Gasteiger partial charge on any atom is -0.371 e. The third-order valence-corrected chi connectivity index (χ3v) is 4.42. The quantitative estimate of drug-likeness (QED) is 0.818. The van der Waals surface area contributed by atoms with Crippen molar-refractivity contribution >= 4 is 5.78 Å². The van der Waals surface area contributed by atoms with Crippen molar-refractivity contribution in [3.8, 4) is 0 Å². The van der Waals surface area contributed by atoms with E-state index in [0.717, 1.165) is 42.0 Å². The molecule has 1 fully saturated rings. The largest absolute Gasteiger partial charge is 0.371 e. The van der Waals surface area contributed by atoms with Crippen LogP contribution < -0.4 is 5.32 Å². The monoisotopic (exact) mass is 286 g/mol. The van der Waals surface area contributed by atoms with Crippen LogP contribution in [0.3, 0.4) is 0 Å². The van der Waals surface area contributed by atoms with Gasteiger partial charge in [-0.1, -0.05) is 29.8 Å². The molecule has 3 rings (SSSR count). The number of aryl methyl sites for hydroxylation is 1. The molecule has 2 aliphatic rings. The number of nitrogens with zero attached hydrogens (tertiary/aromatic N) is 1. The third kappa shape index (κ3) is 2.56. The summed E-state index contributed by atoms with van der Waals surface area (Å²) in [5.41, 5.74) is 1.80. The molecule has 0 radical (unpaired) electrons. The van der Waals surface area contributed by atoms with Gasteiger partial charge in [-0.2, -0.15) is 0 Å². The highest BCUT2D eigenvalue weighted by atomic mass is 16.3. The Bertz CT molecular complexity index is 587. The smallest absolute Gasteiger partial charge is 0.192 e. The second-order valence-electron chi connectivity index (χ2n) is 6.17. The molecular weight excluding hydrogens is 264 g/mol. The van der Waals surface area contributed by atoms with Crippen LogP contribution in [-0.2, 0) is 0 Å². The van der Waals surface area contributed by atoms with E-state index in [-0.39, 0.29) is 5.78 Å². The van der Waals surface area contributed by atoms with E-state index in [9.17, 15) is 9.90 Å². The van der Waals surface area contributed by atoms with Crippen LogP contribution in [-0.4, -0.2) is 34.6 Å². The molecular formula is C17H22N2O2. The SMILES string of the molecule is Cc1ccc(C(=O)C2=C3NCCCN3[C@](C)(O)CC2)cc1. The lowest BCUT2D eigenvalue weighted by Gasteiger charge is -2.47. The molecule has 1 atom stereocenters.